The van der Waals surface area contributed by atoms with Crippen LogP contribution in [0.3, 0.4) is 0 Å². The third-order valence-electron chi connectivity index (χ3n) is 4.14. The summed E-state index contributed by atoms with van der Waals surface area (Å²) in [6, 6.07) is 0. The van der Waals surface area contributed by atoms with E-state index >= 15 is 0 Å². The van der Waals surface area contributed by atoms with Gasteiger partial charge >= 0.3 is 0 Å². The summed E-state index contributed by atoms with van der Waals surface area (Å²) in [6.45, 7) is -1.75. The lowest BCUT2D eigenvalue weighted by Crippen LogP contribution is -2.63. The zero-order valence-electron chi connectivity index (χ0n) is 12.2. The Morgan fingerprint density at radius 2 is 1.61 bits per heavy atom. The molecule has 0 aromatic heterocycles. The molecule has 2 aliphatic heterocycles. The molecule has 2 fully saturated rings. The topological polar surface area (TPSA) is 195 Å². The number of hydrogen-bond acceptors (Lipinski definition) is 11. The molecule has 2 aliphatic rings. The smallest absolute Gasteiger partial charge is 0.222 e. The SMILES string of the molecule is NC[C@H]1O[C@](CO)(O[C@@H]2[C@@H](O)[C@H](O)[C@@H](CO)O[C@H]2O)[C@@H](O)[C@@H]1O. The molecule has 0 spiro atoms. The summed E-state index contributed by atoms with van der Waals surface area (Å²) in [7, 11) is 0. The lowest BCUT2D eigenvalue weighted by Gasteiger charge is -2.43. The largest absolute Gasteiger partial charge is 0.394 e. The lowest BCUT2D eigenvalue weighted by atomic mass is 9.98. The zero-order valence-corrected chi connectivity index (χ0v) is 12.2. The Morgan fingerprint density at radius 3 is 2.09 bits per heavy atom. The normalized spacial score (nSPS) is 51.1. The molecule has 2 heterocycles. The monoisotopic (exact) mass is 341 g/mol. The van der Waals surface area contributed by atoms with Crippen LogP contribution in [0.15, 0.2) is 0 Å². The van der Waals surface area contributed by atoms with Crippen LogP contribution in [-0.4, -0.2) is 110 Å². The standard InChI is InChI=1S/C12H23NO10/c13-1-4-7(17)10(19)12(3-15,22-4)23-9-8(18)6(16)5(2-14)21-11(9)20/h4-11,14-20H,1-3,13H2/t4-,5-,6-,7-,8+,9-,10+,11-,12-/m1/s1. The summed E-state index contributed by atoms with van der Waals surface area (Å²) < 4.78 is 15.5. The van der Waals surface area contributed by atoms with Crippen molar-refractivity contribution in [1.29, 1.82) is 0 Å². The summed E-state index contributed by atoms with van der Waals surface area (Å²) in [4.78, 5) is 0. The second kappa shape index (κ2) is 7.21. The fourth-order valence-corrected chi connectivity index (χ4v) is 2.74. The van der Waals surface area contributed by atoms with Crippen LogP contribution in [0.5, 0.6) is 0 Å². The van der Waals surface area contributed by atoms with Gasteiger partial charge in [-0.2, -0.15) is 0 Å². The van der Waals surface area contributed by atoms with Gasteiger partial charge in [0.15, 0.2) is 6.29 Å². The number of rotatable bonds is 5. The van der Waals surface area contributed by atoms with Gasteiger partial charge in [0.25, 0.3) is 0 Å². The highest BCUT2D eigenvalue weighted by molar-refractivity contribution is 4.99. The number of ether oxygens (including phenoxy) is 3. The van der Waals surface area contributed by atoms with E-state index in [0.717, 1.165) is 0 Å². The van der Waals surface area contributed by atoms with Gasteiger partial charge in [-0.15, -0.1) is 0 Å². The Balaban J connectivity index is 2.18. The molecule has 11 nitrogen and oxygen atoms in total. The molecule has 11 heteroatoms. The fraction of sp³-hybridized carbons (Fsp3) is 1.00. The van der Waals surface area contributed by atoms with E-state index in [0.29, 0.717) is 0 Å². The van der Waals surface area contributed by atoms with Crippen LogP contribution in [0, 0.1) is 0 Å². The number of nitrogens with two attached hydrogens (primary N) is 1. The van der Waals surface area contributed by atoms with E-state index in [1.807, 2.05) is 0 Å². The van der Waals surface area contributed by atoms with E-state index in [9.17, 15) is 30.6 Å². The third kappa shape index (κ3) is 3.23. The van der Waals surface area contributed by atoms with Gasteiger partial charge in [-0.1, -0.05) is 0 Å². The van der Waals surface area contributed by atoms with Crippen molar-refractivity contribution in [1.82, 2.24) is 0 Å². The van der Waals surface area contributed by atoms with Gasteiger partial charge < -0.3 is 55.7 Å². The Morgan fingerprint density at radius 1 is 0.957 bits per heavy atom. The minimum absolute atomic E-state index is 0.176. The highest BCUT2D eigenvalue weighted by Gasteiger charge is 2.58. The van der Waals surface area contributed by atoms with Crippen molar-refractivity contribution >= 4 is 0 Å². The molecular weight excluding hydrogens is 318 g/mol. The van der Waals surface area contributed by atoms with Crippen LogP contribution in [0.4, 0.5) is 0 Å². The number of aliphatic hydroxyl groups is 7. The van der Waals surface area contributed by atoms with E-state index in [2.05, 4.69) is 0 Å². The lowest BCUT2D eigenvalue weighted by molar-refractivity contribution is -0.365. The fourth-order valence-electron chi connectivity index (χ4n) is 2.74. The van der Waals surface area contributed by atoms with Crippen LogP contribution in [0.2, 0.25) is 0 Å². The van der Waals surface area contributed by atoms with E-state index in [1.165, 1.54) is 0 Å². The van der Waals surface area contributed by atoms with Gasteiger partial charge in [-0.05, 0) is 0 Å². The second-order valence-corrected chi connectivity index (χ2v) is 5.61. The van der Waals surface area contributed by atoms with Gasteiger partial charge in [0.1, 0.15) is 49.3 Å². The molecule has 0 saturated carbocycles. The Kier molecular flexibility index (Phi) is 5.92. The van der Waals surface area contributed by atoms with Crippen molar-refractivity contribution in [3.05, 3.63) is 0 Å². The maximum Gasteiger partial charge on any atom is 0.222 e. The molecule has 0 aromatic rings. The quantitative estimate of drug-likeness (QED) is 0.238. The Labute approximate surface area is 131 Å². The van der Waals surface area contributed by atoms with E-state index in [1.54, 1.807) is 0 Å². The van der Waals surface area contributed by atoms with Gasteiger partial charge in [-0.25, -0.2) is 0 Å². The van der Waals surface area contributed by atoms with Crippen molar-refractivity contribution in [2.45, 2.75) is 54.8 Å². The predicted octanol–water partition coefficient (Wildman–Crippen LogP) is -5.43. The number of hydrogen-bond donors (Lipinski definition) is 8. The van der Waals surface area contributed by atoms with Crippen molar-refractivity contribution in [3.8, 4) is 0 Å². The van der Waals surface area contributed by atoms with Gasteiger partial charge in [-0.3, -0.25) is 0 Å². The average molecular weight is 341 g/mol. The summed E-state index contributed by atoms with van der Waals surface area (Å²) >= 11 is 0. The van der Waals surface area contributed by atoms with Crippen LogP contribution in [0.1, 0.15) is 0 Å². The molecule has 2 rings (SSSR count). The van der Waals surface area contributed by atoms with E-state index in [4.69, 9.17) is 25.1 Å². The minimum atomic E-state index is -2.16. The van der Waals surface area contributed by atoms with Crippen LogP contribution < -0.4 is 5.73 Å². The summed E-state index contributed by atoms with van der Waals surface area (Å²) in [5.41, 5.74) is 5.38. The van der Waals surface area contributed by atoms with Gasteiger partial charge in [0.2, 0.25) is 5.79 Å². The number of aliphatic hydroxyl groups excluding tert-OH is 7. The molecule has 0 amide bonds. The van der Waals surface area contributed by atoms with Crippen molar-refractivity contribution in [2.75, 3.05) is 19.8 Å². The molecule has 9 atom stereocenters. The minimum Gasteiger partial charge on any atom is -0.394 e. The maximum atomic E-state index is 10.1. The Bertz CT molecular complexity index is 400. The predicted molar refractivity (Wildman–Crippen MR) is 70.6 cm³/mol. The summed E-state index contributed by atoms with van der Waals surface area (Å²) in [5, 5.41) is 68.1. The molecule has 136 valence electrons. The van der Waals surface area contributed by atoms with Crippen LogP contribution in [-0.2, 0) is 14.2 Å². The van der Waals surface area contributed by atoms with Crippen molar-refractivity contribution in [3.63, 3.8) is 0 Å². The molecule has 2 saturated heterocycles. The molecule has 0 unspecified atom stereocenters. The van der Waals surface area contributed by atoms with Gasteiger partial charge in [0, 0.05) is 6.54 Å². The molecule has 0 radical (unpaired) electrons. The summed E-state index contributed by atoms with van der Waals surface area (Å²) in [5.74, 6) is -2.16. The van der Waals surface area contributed by atoms with E-state index in [-0.39, 0.29) is 6.54 Å². The van der Waals surface area contributed by atoms with Crippen molar-refractivity contribution in [2.24, 2.45) is 5.73 Å². The first kappa shape index (κ1) is 18.9. The second-order valence-electron chi connectivity index (χ2n) is 5.61. The van der Waals surface area contributed by atoms with Gasteiger partial charge in [0.05, 0.1) is 6.61 Å². The first-order valence-electron chi connectivity index (χ1n) is 7.14. The van der Waals surface area contributed by atoms with Crippen LogP contribution >= 0.6 is 0 Å². The summed E-state index contributed by atoms with van der Waals surface area (Å²) in [6.07, 6.45) is -12.1. The molecule has 0 aliphatic carbocycles. The van der Waals surface area contributed by atoms with Crippen LogP contribution in [0.25, 0.3) is 0 Å². The molecular formula is C12H23NO10. The maximum absolute atomic E-state index is 10.1. The highest BCUT2D eigenvalue weighted by Crippen LogP contribution is 2.35. The molecule has 23 heavy (non-hydrogen) atoms. The highest BCUT2D eigenvalue weighted by atomic mass is 16.8. The average Bonchev–Trinajstić information content (AvgIpc) is 2.80. The molecule has 9 N–H and O–H groups in total. The third-order valence-corrected chi connectivity index (χ3v) is 4.14. The van der Waals surface area contributed by atoms with E-state index < -0.39 is 68.0 Å². The Hall–Kier alpha value is -0.440. The molecule has 0 bridgehead atoms. The molecule has 0 aromatic carbocycles. The first-order valence-corrected chi connectivity index (χ1v) is 7.14. The zero-order chi connectivity index (χ0) is 17.4. The first-order chi connectivity index (χ1) is 10.8. The van der Waals surface area contributed by atoms with Crippen molar-refractivity contribution < 1.29 is 50.0 Å².